The number of nitrogens with one attached hydrogen (secondary N) is 3. The smallest absolute Gasteiger partial charge is 0.322 e. The Morgan fingerprint density at radius 2 is 1.88 bits per heavy atom. The van der Waals surface area contributed by atoms with E-state index in [1.165, 1.54) is 18.2 Å². The Balaban J connectivity index is 1.58. The Morgan fingerprint density at radius 1 is 1.16 bits per heavy atom. The van der Waals surface area contributed by atoms with Crippen LogP contribution < -0.4 is 16.0 Å². The predicted molar refractivity (Wildman–Crippen MR) is 120 cm³/mol. The van der Waals surface area contributed by atoms with Crippen LogP contribution in [0, 0.1) is 0 Å². The number of carbonyl (C=O) groups excluding carboxylic acids is 3. The number of carbonyl (C=O) groups is 3. The molecule has 2 heterocycles. The topological polar surface area (TPSA) is 133 Å². The van der Waals surface area contributed by atoms with Crippen molar-refractivity contribution in [2.75, 3.05) is 42.8 Å². The molecule has 3 amide bonds. The second-order valence-corrected chi connectivity index (χ2v) is 7.68. The molecule has 0 radical (unpaired) electrons. The zero-order valence-corrected chi connectivity index (χ0v) is 18.1. The van der Waals surface area contributed by atoms with Crippen LogP contribution in [-0.4, -0.2) is 71.7 Å². The van der Waals surface area contributed by atoms with Crippen LogP contribution in [0.2, 0.25) is 5.02 Å². The summed E-state index contributed by atoms with van der Waals surface area (Å²) in [6.45, 7) is 0.145. The van der Waals surface area contributed by atoms with E-state index < -0.39 is 24.1 Å². The molecule has 1 aliphatic heterocycles. The highest BCUT2D eigenvalue weighted by atomic mass is 35.5. The molecule has 32 heavy (non-hydrogen) atoms. The van der Waals surface area contributed by atoms with Crippen molar-refractivity contribution in [2.45, 2.75) is 18.6 Å². The molecule has 2 atom stereocenters. The number of aromatic nitrogens is 1. The highest BCUT2D eigenvalue weighted by molar-refractivity contribution is 6.30. The fourth-order valence-corrected chi connectivity index (χ4v) is 3.34. The molecule has 170 valence electrons. The minimum Gasteiger partial charge on any atom is -0.391 e. The van der Waals surface area contributed by atoms with Gasteiger partial charge in [0.05, 0.1) is 24.5 Å². The van der Waals surface area contributed by atoms with E-state index in [1.807, 2.05) is 0 Å². The lowest BCUT2D eigenvalue weighted by Gasteiger charge is -2.24. The largest absolute Gasteiger partial charge is 0.391 e. The van der Waals surface area contributed by atoms with Gasteiger partial charge in [0.2, 0.25) is 5.91 Å². The van der Waals surface area contributed by atoms with Gasteiger partial charge in [0, 0.05) is 30.8 Å². The molecule has 10 nitrogen and oxygen atoms in total. The maximum atomic E-state index is 12.8. The lowest BCUT2D eigenvalue weighted by Crippen LogP contribution is -2.45. The molecule has 0 aliphatic carbocycles. The van der Waals surface area contributed by atoms with E-state index in [0.29, 0.717) is 16.4 Å². The van der Waals surface area contributed by atoms with Crippen molar-refractivity contribution >= 4 is 46.5 Å². The number of methoxy groups -OCH3 is 1. The number of hydrogen-bond donors (Lipinski definition) is 4. The standard InChI is InChI=1S/C21H24ClN5O5/c1-32-12-17(29)10-23-15-6-7-19(24-9-15)26-20(30)18-8-16(28)11-27(18)21(31)25-14-4-2-13(22)3-5-14/h2-7,9,16,18,23,28H,8,10-12H2,1H3,(H,25,31)(H,24,26,30)/t16-,18-/m1/s1. The molecule has 1 aromatic carbocycles. The van der Waals surface area contributed by atoms with Crippen LogP contribution in [0.4, 0.5) is 22.0 Å². The first-order valence-corrected chi connectivity index (χ1v) is 10.3. The third-order valence-corrected chi connectivity index (χ3v) is 5.00. The van der Waals surface area contributed by atoms with Crippen molar-refractivity contribution in [2.24, 2.45) is 0 Å². The summed E-state index contributed by atoms with van der Waals surface area (Å²) >= 11 is 5.85. The number of aliphatic hydroxyl groups excluding tert-OH is 1. The molecule has 0 saturated carbocycles. The molecule has 4 N–H and O–H groups in total. The maximum absolute atomic E-state index is 12.8. The summed E-state index contributed by atoms with van der Waals surface area (Å²) in [4.78, 5) is 42.4. The number of benzene rings is 1. The molecule has 0 spiro atoms. The lowest BCUT2D eigenvalue weighted by molar-refractivity contribution is -0.121. The number of β-amino-alcohol motifs (C(OH)–C–C–N with tert-alkyl or cyclic N) is 1. The normalized spacial score (nSPS) is 17.7. The summed E-state index contributed by atoms with van der Waals surface area (Å²) < 4.78 is 4.77. The number of anilines is 3. The Labute approximate surface area is 189 Å². The number of Topliss-reactive ketones (excluding diaryl/α,β-unsaturated/α-hetero) is 1. The number of ether oxygens (including phenoxy) is 1. The van der Waals surface area contributed by atoms with Crippen LogP contribution in [-0.2, 0) is 14.3 Å². The van der Waals surface area contributed by atoms with Crippen molar-refractivity contribution in [3.8, 4) is 0 Å². The molecule has 0 bridgehead atoms. The SMILES string of the molecule is COCC(=O)CNc1ccc(NC(=O)[C@H]2C[C@@H](O)CN2C(=O)Nc2ccc(Cl)cc2)nc1. The molecule has 2 aromatic rings. The van der Waals surface area contributed by atoms with Gasteiger partial charge in [0.15, 0.2) is 5.78 Å². The van der Waals surface area contributed by atoms with Gasteiger partial charge in [-0.2, -0.15) is 0 Å². The van der Waals surface area contributed by atoms with E-state index in [0.717, 1.165) is 0 Å². The van der Waals surface area contributed by atoms with Crippen molar-refractivity contribution < 1.29 is 24.2 Å². The van der Waals surface area contributed by atoms with Gasteiger partial charge in [-0.05, 0) is 36.4 Å². The van der Waals surface area contributed by atoms with Crippen molar-refractivity contribution in [3.63, 3.8) is 0 Å². The number of rotatable bonds is 8. The van der Waals surface area contributed by atoms with Crippen LogP contribution >= 0.6 is 11.6 Å². The first-order valence-electron chi connectivity index (χ1n) is 9.88. The van der Waals surface area contributed by atoms with Crippen LogP contribution in [0.1, 0.15) is 6.42 Å². The van der Waals surface area contributed by atoms with Gasteiger partial charge in [-0.1, -0.05) is 11.6 Å². The van der Waals surface area contributed by atoms with Gasteiger partial charge in [-0.3, -0.25) is 9.59 Å². The minimum absolute atomic E-state index is 0.0178. The molecule has 1 aromatic heterocycles. The lowest BCUT2D eigenvalue weighted by atomic mass is 10.2. The zero-order valence-electron chi connectivity index (χ0n) is 17.4. The van der Waals surface area contributed by atoms with Crippen molar-refractivity contribution in [1.82, 2.24) is 9.88 Å². The third-order valence-electron chi connectivity index (χ3n) is 4.75. The first kappa shape index (κ1) is 23.5. The van der Waals surface area contributed by atoms with Gasteiger partial charge in [-0.15, -0.1) is 0 Å². The Kier molecular flexibility index (Phi) is 7.98. The number of halogens is 1. The number of nitrogens with zero attached hydrogens (tertiary/aromatic N) is 2. The Morgan fingerprint density at radius 3 is 2.53 bits per heavy atom. The van der Waals surface area contributed by atoms with E-state index in [-0.39, 0.29) is 37.7 Å². The zero-order chi connectivity index (χ0) is 23.1. The molecule has 1 saturated heterocycles. The van der Waals surface area contributed by atoms with Crippen LogP contribution in [0.25, 0.3) is 0 Å². The number of hydrogen-bond acceptors (Lipinski definition) is 7. The monoisotopic (exact) mass is 461 g/mol. The van der Waals surface area contributed by atoms with Gasteiger partial charge in [-0.25, -0.2) is 9.78 Å². The summed E-state index contributed by atoms with van der Waals surface area (Å²) in [6, 6.07) is 8.44. The van der Waals surface area contributed by atoms with Gasteiger partial charge in [0.25, 0.3) is 0 Å². The maximum Gasteiger partial charge on any atom is 0.322 e. The van der Waals surface area contributed by atoms with E-state index in [2.05, 4.69) is 20.9 Å². The second kappa shape index (κ2) is 10.9. The second-order valence-electron chi connectivity index (χ2n) is 7.24. The predicted octanol–water partition coefficient (Wildman–Crippen LogP) is 1.97. The summed E-state index contributed by atoms with van der Waals surface area (Å²) in [6.07, 6.45) is 0.775. The minimum atomic E-state index is -0.858. The number of likely N-dealkylation sites (tertiary alicyclic amines) is 1. The quantitative estimate of drug-likeness (QED) is 0.472. The number of ketones is 1. The van der Waals surface area contributed by atoms with E-state index in [4.69, 9.17) is 16.3 Å². The summed E-state index contributed by atoms with van der Waals surface area (Å²) in [5, 5.41) is 18.8. The Hall–Kier alpha value is -3.21. The first-order chi connectivity index (χ1) is 15.4. The molecular formula is C21H24ClN5O5. The van der Waals surface area contributed by atoms with Gasteiger partial charge in [0.1, 0.15) is 18.5 Å². The number of urea groups is 1. The summed E-state index contributed by atoms with van der Waals surface area (Å²) in [5.41, 5.74) is 1.13. The average molecular weight is 462 g/mol. The molecule has 1 fully saturated rings. The Bertz CT molecular complexity index is 954. The molecule has 0 unspecified atom stereocenters. The van der Waals surface area contributed by atoms with E-state index in [1.54, 1.807) is 36.4 Å². The summed E-state index contributed by atoms with van der Waals surface area (Å²) in [7, 11) is 1.45. The fourth-order valence-electron chi connectivity index (χ4n) is 3.21. The number of amides is 3. The molecule has 1 aliphatic rings. The van der Waals surface area contributed by atoms with Crippen molar-refractivity contribution in [3.05, 3.63) is 47.6 Å². The van der Waals surface area contributed by atoms with Crippen LogP contribution in [0.5, 0.6) is 0 Å². The number of pyridine rings is 1. The highest BCUT2D eigenvalue weighted by Crippen LogP contribution is 2.22. The van der Waals surface area contributed by atoms with Crippen LogP contribution in [0.15, 0.2) is 42.6 Å². The summed E-state index contributed by atoms with van der Waals surface area (Å²) in [5.74, 6) is -0.291. The molecule has 3 rings (SSSR count). The van der Waals surface area contributed by atoms with E-state index >= 15 is 0 Å². The fraction of sp³-hybridized carbons (Fsp3) is 0.333. The van der Waals surface area contributed by atoms with Crippen molar-refractivity contribution in [1.29, 1.82) is 0 Å². The third kappa shape index (κ3) is 6.39. The molecular weight excluding hydrogens is 438 g/mol. The van der Waals surface area contributed by atoms with Gasteiger partial charge >= 0.3 is 6.03 Å². The van der Waals surface area contributed by atoms with Gasteiger partial charge < -0.3 is 30.7 Å². The van der Waals surface area contributed by atoms with E-state index in [9.17, 15) is 19.5 Å². The highest BCUT2D eigenvalue weighted by Gasteiger charge is 2.39. The van der Waals surface area contributed by atoms with Crippen LogP contribution in [0.3, 0.4) is 0 Å². The average Bonchev–Trinajstić information content (AvgIpc) is 3.17. The molecule has 11 heteroatoms. The number of aliphatic hydroxyl groups is 1.